The molecule has 1 saturated carbocycles. The van der Waals surface area contributed by atoms with E-state index >= 15 is 0 Å². The van der Waals surface area contributed by atoms with Crippen LogP contribution in [0.4, 0.5) is 0 Å². The molecule has 4 atom stereocenters. The first-order valence-corrected chi connectivity index (χ1v) is 12.1. The van der Waals surface area contributed by atoms with E-state index in [-0.39, 0.29) is 28.7 Å². The summed E-state index contributed by atoms with van der Waals surface area (Å²) in [5.41, 5.74) is 0. The number of rotatable bonds is 7. The third-order valence-electron chi connectivity index (χ3n) is 6.84. The Morgan fingerprint density at radius 3 is 2.59 bits per heavy atom. The second-order valence-electron chi connectivity index (χ2n) is 8.52. The monoisotopic (exact) mass is 421 g/mol. The van der Waals surface area contributed by atoms with Gasteiger partial charge in [-0.15, -0.1) is 0 Å². The predicted octanol–water partition coefficient (Wildman–Crippen LogP) is 1.17. The summed E-state index contributed by atoms with van der Waals surface area (Å²) in [5.74, 6) is 1.04. The summed E-state index contributed by atoms with van der Waals surface area (Å²) in [4.78, 5) is 17.4. The van der Waals surface area contributed by atoms with Crippen molar-refractivity contribution in [3.05, 3.63) is 30.3 Å². The lowest BCUT2D eigenvalue weighted by Crippen LogP contribution is -2.44. The second-order valence-corrected chi connectivity index (χ2v) is 10.3. The van der Waals surface area contributed by atoms with Gasteiger partial charge in [0.05, 0.1) is 18.1 Å². The summed E-state index contributed by atoms with van der Waals surface area (Å²) < 4.78 is 33.4. The molecule has 7 nitrogen and oxygen atoms in total. The van der Waals surface area contributed by atoms with Gasteiger partial charge in [-0.25, -0.2) is 13.1 Å². The van der Waals surface area contributed by atoms with Gasteiger partial charge in [0.2, 0.25) is 15.9 Å². The number of sulfonamides is 1. The topological polar surface area (TPSA) is 79.0 Å². The minimum atomic E-state index is -3.52. The fourth-order valence-corrected chi connectivity index (χ4v) is 6.29. The average molecular weight is 422 g/mol. The van der Waals surface area contributed by atoms with Crippen molar-refractivity contribution in [2.45, 2.75) is 30.7 Å². The first-order valence-electron chi connectivity index (χ1n) is 10.6. The van der Waals surface area contributed by atoms with Crippen LogP contribution in [-0.2, 0) is 19.6 Å². The van der Waals surface area contributed by atoms with Gasteiger partial charge in [0.15, 0.2) is 0 Å². The number of ether oxygens (including phenoxy) is 1. The lowest BCUT2D eigenvalue weighted by Gasteiger charge is -2.31. The van der Waals surface area contributed by atoms with E-state index in [4.69, 9.17) is 4.74 Å². The molecular weight excluding hydrogens is 390 g/mol. The molecule has 0 aromatic heterocycles. The SMILES string of the molecule is C[C@H]1C[C@@H]2[C@@H](CC(=O)N2CCN2CCOCC2)[C@@H]1CNS(=O)(=O)c1ccccc1. The maximum Gasteiger partial charge on any atom is 0.240 e. The second kappa shape index (κ2) is 8.71. The Kier molecular flexibility index (Phi) is 6.24. The summed E-state index contributed by atoms with van der Waals surface area (Å²) in [6.07, 6.45) is 1.49. The molecule has 1 aromatic rings. The summed E-state index contributed by atoms with van der Waals surface area (Å²) in [6.45, 7) is 7.61. The quantitative estimate of drug-likeness (QED) is 0.715. The lowest BCUT2D eigenvalue weighted by atomic mass is 9.89. The van der Waals surface area contributed by atoms with Crippen LogP contribution in [0, 0.1) is 17.8 Å². The number of benzene rings is 1. The molecule has 0 bridgehead atoms. The molecule has 0 radical (unpaired) electrons. The van der Waals surface area contributed by atoms with Crippen molar-refractivity contribution in [2.24, 2.45) is 17.8 Å². The zero-order valence-electron chi connectivity index (χ0n) is 17.0. The Morgan fingerprint density at radius 2 is 1.86 bits per heavy atom. The van der Waals surface area contributed by atoms with Crippen molar-refractivity contribution in [2.75, 3.05) is 45.9 Å². The van der Waals surface area contributed by atoms with Crippen molar-refractivity contribution in [1.29, 1.82) is 0 Å². The van der Waals surface area contributed by atoms with E-state index in [1.807, 2.05) is 0 Å². The number of likely N-dealkylation sites (tertiary alicyclic amines) is 1. The number of carbonyl (C=O) groups excluding carboxylic acids is 1. The van der Waals surface area contributed by atoms with Gasteiger partial charge in [0, 0.05) is 45.2 Å². The van der Waals surface area contributed by atoms with E-state index in [2.05, 4.69) is 21.4 Å². The van der Waals surface area contributed by atoms with Crippen molar-refractivity contribution in [3.8, 4) is 0 Å². The van der Waals surface area contributed by atoms with Crippen LogP contribution in [0.1, 0.15) is 19.8 Å². The molecule has 4 rings (SSSR count). The number of amides is 1. The molecule has 3 fully saturated rings. The van der Waals surface area contributed by atoms with Gasteiger partial charge in [-0.3, -0.25) is 9.69 Å². The minimum Gasteiger partial charge on any atom is -0.379 e. The molecule has 8 heteroatoms. The fraction of sp³-hybridized carbons (Fsp3) is 0.667. The van der Waals surface area contributed by atoms with Crippen molar-refractivity contribution >= 4 is 15.9 Å². The van der Waals surface area contributed by atoms with Gasteiger partial charge in [0.25, 0.3) is 0 Å². The standard InChI is InChI=1S/C21H31N3O4S/c1-16-13-20-18(14-21(25)24(20)8-7-23-9-11-28-12-10-23)19(16)15-22-29(26,27)17-5-3-2-4-6-17/h2-6,16,18-20,22H,7-15H2,1H3/t16-,18-,19+,20+/m0/s1. The minimum absolute atomic E-state index is 0.191. The molecule has 160 valence electrons. The third-order valence-corrected chi connectivity index (χ3v) is 8.28. The molecule has 2 heterocycles. The van der Waals surface area contributed by atoms with Gasteiger partial charge in [-0.1, -0.05) is 25.1 Å². The van der Waals surface area contributed by atoms with Crippen molar-refractivity contribution in [3.63, 3.8) is 0 Å². The fourth-order valence-electron chi connectivity index (χ4n) is 5.19. The summed E-state index contributed by atoms with van der Waals surface area (Å²) in [7, 11) is -3.52. The highest BCUT2D eigenvalue weighted by molar-refractivity contribution is 7.89. The van der Waals surface area contributed by atoms with Crippen LogP contribution in [0.15, 0.2) is 35.2 Å². The highest BCUT2D eigenvalue weighted by Gasteiger charge is 2.50. The normalized spacial score (nSPS) is 30.7. The van der Waals surface area contributed by atoms with Crippen LogP contribution in [-0.4, -0.2) is 76.1 Å². The van der Waals surface area contributed by atoms with Crippen molar-refractivity contribution in [1.82, 2.24) is 14.5 Å². The maximum atomic E-state index is 12.7. The Balaban J connectivity index is 1.36. The van der Waals surface area contributed by atoms with Crippen LogP contribution in [0.25, 0.3) is 0 Å². The predicted molar refractivity (Wildman–Crippen MR) is 110 cm³/mol. The zero-order valence-corrected chi connectivity index (χ0v) is 17.8. The van der Waals surface area contributed by atoms with Gasteiger partial charge >= 0.3 is 0 Å². The number of nitrogens with one attached hydrogen (secondary N) is 1. The summed E-state index contributed by atoms with van der Waals surface area (Å²) in [6, 6.07) is 8.71. The third kappa shape index (κ3) is 4.50. The molecular formula is C21H31N3O4S. The highest BCUT2D eigenvalue weighted by atomic mass is 32.2. The Labute approximate surface area is 173 Å². The number of hydrogen-bond acceptors (Lipinski definition) is 5. The summed E-state index contributed by atoms with van der Waals surface area (Å²) in [5, 5.41) is 0. The van der Waals surface area contributed by atoms with E-state index in [9.17, 15) is 13.2 Å². The molecule has 2 saturated heterocycles. The molecule has 1 N–H and O–H groups in total. The number of carbonyl (C=O) groups is 1. The molecule has 29 heavy (non-hydrogen) atoms. The van der Waals surface area contributed by atoms with Crippen LogP contribution < -0.4 is 4.72 Å². The van der Waals surface area contributed by atoms with Crippen molar-refractivity contribution < 1.29 is 17.9 Å². The Bertz CT molecular complexity index is 810. The number of hydrogen-bond donors (Lipinski definition) is 1. The molecule has 0 unspecified atom stereocenters. The largest absolute Gasteiger partial charge is 0.379 e. The maximum absolute atomic E-state index is 12.7. The highest BCUT2D eigenvalue weighted by Crippen LogP contribution is 2.45. The van der Waals surface area contributed by atoms with Gasteiger partial charge in [0.1, 0.15) is 0 Å². The summed E-state index contributed by atoms with van der Waals surface area (Å²) >= 11 is 0. The van der Waals surface area contributed by atoms with Gasteiger partial charge in [-0.05, 0) is 36.3 Å². The molecule has 1 amide bonds. The molecule has 2 aliphatic heterocycles. The Hall–Kier alpha value is -1.48. The van der Waals surface area contributed by atoms with Crippen LogP contribution >= 0.6 is 0 Å². The zero-order chi connectivity index (χ0) is 20.4. The van der Waals surface area contributed by atoms with E-state index in [1.165, 1.54) is 0 Å². The lowest BCUT2D eigenvalue weighted by molar-refractivity contribution is -0.129. The smallest absolute Gasteiger partial charge is 0.240 e. The molecule has 3 aliphatic rings. The molecule has 0 spiro atoms. The first kappa shape index (κ1) is 20.8. The average Bonchev–Trinajstić information content (AvgIpc) is 3.19. The van der Waals surface area contributed by atoms with Gasteiger partial charge in [-0.2, -0.15) is 0 Å². The van der Waals surface area contributed by atoms with Gasteiger partial charge < -0.3 is 9.64 Å². The molecule has 1 aliphatic carbocycles. The van der Waals surface area contributed by atoms with Crippen LogP contribution in [0.3, 0.4) is 0 Å². The van der Waals surface area contributed by atoms with E-state index in [1.54, 1.807) is 30.3 Å². The number of morpholine rings is 1. The van der Waals surface area contributed by atoms with E-state index < -0.39 is 10.0 Å². The number of fused-ring (bicyclic) bond motifs is 1. The van der Waals surface area contributed by atoms with Crippen LogP contribution in [0.2, 0.25) is 0 Å². The first-order chi connectivity index (χ1) is 14.0. The van der Waals surface area contributed by atoms with E-state index in [0.717, 1.165) is 45.8 Å². The van der Waals surface area contributed by atoms with Crippen LogP contribution in [0.5, 0.6) is 0 Å². The molecule has 1 aromatic carbocycles. The van der Waals surface area contributed by atoms with E-state index in [0.29, 0.717) is 18.9 Å². The Morgan fingerprint density at radius 1 is 1.14 bits per heavy atom. The number of nitrogens with zero attached hydrogens (tertiary/aromatic N) is 2.